The van der Waals surface area contributed by atoms with Crippen LogP contribution < -0.4 is 28.5 Å². The van der Waals surface area contributed by atoms with E-state index in [0.29, 0.717) is 0 Å². The topological polar surface area (TPSA) is 44.7 Å². The summed E-state index contributed by atoms with van der Waals surface area (Å²) in [6, 6.07) is 0.840. The molecule has 19 heavy (non-hydrogen) atoms. The summed E-state index contributed by atoms with van der Waals surface area (Å²) >= 11 is 0. The Morgan fingerprint density at radius 1 is 1.11 bits per heavy atom. The molecule has 1 aromatic heterocycles. The summed E-state index contributed by atoms with van der Waals surface area (Å²) < 4.78 is 23.7. The fourth-order valence-corrected chi connectivity index (χ4v) is 3.84. The largest absolute Gasteiger partial charge is 1.00 e. The van der Waals surface area contributed by atoms with E-state index in [0.717, 1.165) is 37.0 Å². The molecular weight excluding hydrogens is 377 g/mol. The standard InChI is InChI=1S/C12H24NO4Si.HI/c1-11-10-17-12(2)13(11)8-6-7-9-18(14-3,15-4)16-5;/h10H,6-9H2,1-5H3;1H/q+1;/p-1. The Kier molecular flexibility index (Phi) is 9.08. The normalized spacial score (nSPS) is 11.4. The molecule has 0 radical (unpaired) electrons. The molecule has 0 aliphatic carbocycles. The van der Waals surface area contributed by atoms with Crippen molar-refractivity contribution in [3.63, 3.8) is 0 Å². The zero-order valence-corrected chi connectivity index (χ0v) is 15.5. The van der Waals surface area contributed by atoms with Crippen molar-refractivity contribution in [1.29, 1.82) is 0 Å². The van der Waals surface area contributed by atoms with Gasteiger partial charge in [0.2, 0.25) is 5.69 Å². The van der Waals surface area contributed by atoms with Gasteiger partial charge in [-0.3, -0.25) is 0 Å². The lowest BCUT2D eigenvalue weighted by Gasteiger charge is -2.23. The molecule has 1 heterocycles. The summed E-state index contributed by atoms with van der Waals surface area (Å²) in [5.41, 5.74) is 1.15. The van der Waals surface area contributed by atoms with Gasteiger partial charge in [-0.1, -0.05) is 0 Å². The number of rotatable bonds is 8. The Morgan fingerprint density at radius 3 is 2.11 bits per heavy atom. The van der Waals surface area contributed by atoms with Gasteiger partial charge in [0.1, 0.15) is 0 Å². The number of aryl methyl sites for hydroxylation is 2. The first kappa shape index (κ1) is 19.0. The van der Waals surface area contributed by atoms with E-state index in [2.05, 4.69) is 11.5 Å². The molecule has 112 valence electrons. The van der Waals surface area contributed by atoms with Gasteiger partial charge in [-0.2, -0.15) is 4.57 Å². The van der Waals surface area contributed by atoms with Crippen molar-refractivity contribution >= 4 is 8.80 Å². The Bertz CT molecular complexity index is 341. The van der Waals surface area contributed by atoms with Crippen LogP contribution in [0.3, 0.4) is 0 Å². The molecule has 0 aromatic carbocycles. The summed E-state index contributed by atoms with van der Waals surface area (Å²) in [4.78, 5) is 0. The fraction of sp³-hybridized carbons (Fsp3) is 0.750. The van der Waals surface area contributed by atoms with Gasteiger partial charge in [0, 0.05) is 40.7 Å². The van der Waals surface area contributed by atoms with E-state index in [1.54, 1.807) is 27.6 Å². The molecule has 0 saturated heterocycles. The van der Waals surface area contributed by atoms with Crippen LogP contribution in [-0.4, -0.2) is 30.1 Å². The number of hydrogen-bond acceptors (Lipinski definition) is 4. The summed E-state index contributed by atoms with van der Waals surface area (Å²) in [5.74, 6) is 0.946. The van der Waals surface area contributed by atoms with E-state index in [-0.39, 0.29) is 24.0 Å². The molecule has 0 spiro atoms. The van der Waals surface area contributed by atoms with Gasteiger partial charge in [-0.25, -0.2) is 0 Å². The summed E-state index contributed by atoms with van der Waals surface area (Å²) in [7, 11) is 2.55. The van der Waals surface area contributed by atoms with E-state index in [4.69, 9.17) is 17.7 Å². The smallest absolute Gasteiger partial charge is 0.500 e. The second-order valence-electron chi connectivity index (χ2n) is 4.30. The van der Waals surface area contributed by atoms with Crippen molar-refractivity contribution in [2.45, 2.75) is 39.3 Å². The fourth-order valence-electron chi connectivity index (χ4n) is 2.05. The quantitative estimate of drug-likeness (QED) is 0.239. The first-order valence-electron chi connectivity index (χ1n) is 6.18. The van der Waals surface area contributed by atoms with Gasteiger partial charge >= 0.3 is 14.7 Å². The lowest BCUT2D eigenvalue weighted by molar-refractivity contribution is -0.711. The van der Waals surface area contributed by atoms with Crippen LogP contribution in [0.4, 0.5) is 0 Å². The molecule has 0 aliphatic heterocycles. The average Bonchev–Trinajstić information content (AvgIpc) is 2.71. The third-order valence-electron chi connectivity index (χ3n) is 3.25. The number of nitrogens with zero attached hydrogens (tertiary/aromatic N) is 1. The SMILES string of the molecule is CO[Si](CCCC[n+]1c(C)coc1C)(OC)OC.[I-]. The Hall–Kier alpha value is 0.0369. The monoisotopic (exact) mass is 401 g/mol. The van der Waals surface area contributed by atoms with E-state index < -0.39 is 8.80 Å². The molecule has 7 heteroatoms. The predicted octanol–water partition coefficient (Wildman–Crippen LogP) is -1.15. The minimum atomic E-state index is -2.40. The number of halogens is 1. The lowest BCUT2D eigenvalue weighted by Crippen LogP contribution is -3.00. The minimum absolute atomic E-state index is 0. The highest BCUT2D eigenvalue weighted by Gasteiger charge is 2.36. The maximum atomic E-state index is 5.39. The number of unbranched alkanes of at least 4 members (excludes halogenated alkanes) is 1. The highest BCUT2D eigenvalue weighted by molar-refractivity contribution is 6.60. The van der Waals surface area contributed by atoms with Crippen molar-refractivity contribution in [3.8, 4) is 0 Å². The molecule has 0 saturated carbocycles. The molecule has 0 unspecified atom stereocenters. The van der Waals surface area contributed by atoms with E-state index >= 15 is 0 Å². The number of oxazole rings is 1. The van der Waals surface area contributed by atoms with Crippen LogP contribution in [0, 0.1) is 13.8 Å². The molecule has 0 aliphatic rings. The molecule has 1 rings (SSSR count). The van der Waals surface area contributed by atoms with Crippen LogP contribution in [0.1, 0.15) is 24.4 Å². The second kappa shape index (κ2) is 9.06. The maximum absolute atomic E-state index is 5.39. The lowest BCUT2D eigenvalue weighted by atomic mass is 10.3. The van der Waals surface area contributed by atoms with Crippen LogP contribution >= 0.6 is 0 Å². The molecule has 5 nitrogen and oxygen atoms in total. The Balaban J connectivity index is 0.00000324. The van der Waals surface area contributed by atoms with E-state index in [9.17, 15) is 0 Å². The van der Waals surface area contributed by atoms with Crippen molar-refractivity contribution in [2.24, 2.45) is 0 Å². The molecule has 0 amide bonds. The van der Waals surface area contributed by atoms with Crippen molar-refractivity contribution in [2.75, 3.05) is 21.3 Å². The number of hydrogen-bond donors (Lipinski definition) is 0. The maximum Gasteiger partial charge on any atom is 0.500 e. The van der Waals surface area contributed by atoms with Gasteiger partial charge in [0.15, 0.2) is 12.8 Å². The number of aromatic nitrogens is 1. The van der Waals surface area contributed by atoms with Gasteiger partial charge in [-0.15, -0.1) is 0 Å². The van der Waals surface area contributed by atoms with E-state index in [1.165, 1.54) is 0 Å². The highest BCUT2D eigenvalue weighted by atomic mass is 127. The molecule has 1 aromatic rings. The van der Waals surface area contributed by atoms with Crippen LogP contribution in [0.25, 0.3) is 0 Å². The van der Waals surface area contributed by atoms with Gasteiger partial charge < -0.3 is 41.7 Å². The van der Waals surface area contributed by atoms with Crippen molar-refractivity contribution < 1.29 is 46.2 Å². The predicted molar refractivity (Wildman–Crippen MR) is 69.2 cm³/mol. The van der Waals surface area contributed by atoms with Crippen molar-refractivity contribution in [1.82, 2.24) is 0 Å². The average molecular weight is 401 g/mol. The summed E-state index contributed by atoms with van der Waals surface area (Å²) in [5, 5.41) is 0. The van der Waals surface area contributed by atoms with Crippen LogP contribution in [0.5, 0.6) is 0 Å². The minimum Gasteiger partial charge on any atom is -1.00 e. The van der Waals surface area contributed by atoms with E-state index in [1.807, 2.05) is 6.92 Å². The second-order valence-corrected chi connectivity index (χ2v) is 7.39. The molecule has 0 N–H and O–H groups in total. The zero-order valence-electron chi connectivity index (χ0n) is 12.4. The summed E-state index contributed by atoms with van der Waals surface area (Å²) in [6.07, 6.45) is 3.85. The van der Waals surface area contributed by atoms with Gasteiger partial charge in [-0.05, 0) is 6.42 Å². The van der Waals surface area contributed by atoms with Gasteiger partial charge in [0.25, 0.3) is 0 Å². The van der Waals surface area contributed by atoms with Crippen LogP contribution in [0.15, 0.2) is 10.7 Å². The Labute approximate surface area is 133 Å². The molecule has 0 bridgehead atoms. The third kappa shape index (κ3) is 5.14. The molecule has 0 atom stereocenters. The zero-order chi connectivity index (χ0) is 13.6. The van der Waals surface area contributed by atoms with Crippen LogP contribution in [0.2, 0.25) is 6.04 Å². The molecular formula is C12H24INO4Si. The van der Waals surface area contributed by atoms with Crippen LogP contribution in [-0.2, 0) is 19.8 Å². The Morgan fingerprint density at radius 2 is 1.68 bits per heavy atom. The van der Waals surface area contributed by atoms with Crippen molar-refractivity contribution in [3.05, 3.63) is 17.8 Å². The van der Waals surface area contributed by atoms with Gasteiger partial charge in [0.05, 0.1) is 6.92 Å². The molecule has 0 fully saturated rings. The highest BCUT2D eigenvalue weighted by Crippen LogP contribution is 2.16. The summed E-state index contributed by atoms with van der Waals surface area (Å²) in [6.45, 7) is 4.98. The third-order valence-corrected chi connectivity index (χ3v) is 6.09. The first-order valence-corrected chi connectivity index (χ1v) is 8.11. The first-order chi connectivity index (χ1) is 8.58.